The predicted molar refractivity (Wildman–Crippen MR) is 72.0 cm³/mol. The Balaban J connectivity index is 2.01. The lowest BCUT2D eigenvalue weighted by Gasteiger charge is -2.44. The molecule has 0 fully saturated rings. The van der Waals surface area contributed by atoms with Gasteiger partial charge in [0.25, 0.3) is 5.91 Å². The number of carbonyl (C=O) groups is 2. The largest absolute Gasteiger partial charge is 0.754 e. The van der Waals surface area contributed by atoms with Gasteiger partial charge in [-0.1, -0.05) is 30.3 Å². The molecule has 2 aliphatic rings. The molecule has 2 heterocycles. The Morgan fingerprint density at radius 3 is 2.30 bits per heavy atom. The van der Waals surface area contributed by atoms with E-state index in [0.29, 0.717) is 21.9 Å². The zero-order valence-electron chi connectivity index (χ0n) is 10.3. The molecule has 5 heteroatoms. The van der Waals surface area contributed by atoms with Gasteiger partial charge in [0.15, 0.2) is 0 Å². The molecule has 5 nitrogen and oxygen atoms in total. The van der Waals surface area contributed by atoms with E-state index in [1.807, 2.05) is 0 Å². The number of anilines is 1. The molecule has 2 aromatic rings. The van der Waals surface area contributed by atoms with Crippen LogP contribution >= 0.6 is 0 Å². The third-order valence-corrected chi connectivity index (χ3v) is 3.75. The molecule has 0 saturated carbocycles. The fourth-order valence-electron chi connectivity index (χ4n) is 2.86. The van der Waals surface area contributed by atoms with Gasteiger partial charge in [-0.15, -0.1) is 0 Å². The van der Waals surface area contributed by atoms with Crippen molar-refractivity contribution >= 4 is 17.5 Å². The van der Waals surface area contributed by atoms with Crippen molar-refractivity contribution in [3.8, 4) is 0 Å². The second-order valence-electron chi connectivity index (χ2n) is 4.78. The van der Waals surface area contributed by atoms with Gasteiger partial charge in [0.05, 0.1) is 11.3 Å². The maximum atomic E-state index is 12.5. The number of amides is 2. The van der Waals surface area contributed by atoms with Crippen LogP contribution in [0, 0.1) is 5.21 Å². The van der Waals surface area contributed by atoms with Crippen LogP contribution in [0.4, 0.5) is 5.69 Å². The van der Waals surface area contributed by atoms with Crippen LogP contribution in [-0.4, -0.2) is 16.9 Å². The summed E-state index contributed by atoms with van der Waals surface area (Å²) in [6.45, 7) is 0. The fraction of sp³-hybridized carbons (Fsp3) is 0.0667. The fourth-order valence-corrected chi connectivity index (χ4v) is 2.86. The van der Waals surface area contributed by atoms with E-state index in [0.717, 1.165) is 0 Å². The summed E-state index contributed by atoms with van der Waals surface area (Å²) in [4.78, 5) is 26.0. The average Bonchev–Trinajstić information content (AvgIpc) is 2.79. The molecule has 1 unspecified atom stereocenters. The van der Waals surface area contributed by atoms with E-state index < -0.39 is 12.1 Å². The van der Waals surface area contributed by atoms with E-state index >= 15 is 0 Å². The molecule has 2 aliphatic heterocycles. The second-order valence-corrected chi connectivity index (χ2v) is 4.78. The molecule has 20 heavy (non-hydrogen) atoms. The highest BCUT2D eigenvalue weighted by atomic mass is 16.5. The SMILES string of the molecule is O=C1c2ccccc2N2C(=O)c3ccccc3C2N1[O-]. The predicted octanol–water partition coefficient (Wildman–Crippen LogP) is 2.30. The first-order valence-corrected chi connectivity index (χ1v) is 6.22. The molecule has 0 radical (unpaired) electrons. The van der Waals surface area contributed by atoms with Gasteiger partial charge in [-0.2, -0.15) is 0 Å². The third kappa shape index (κ3) is 1.20. The Bertz CT molecular complexity index is 756. The molecule has 0 spiro atoms. The van der Waals surface area contributed by atoms with Gasteiger partial charge >= 0.3 is 0 Å². The molecule has 0 N–H and O–H groups in total. The summed E-state index contributed by atoms with van der Waals surface area (Å²) in [6, 6.07) is 13.6. The van der Waals surface area contributed by atoms with Crippen molar-refractivity contribution in [3.63, 3.8) is 0 Å². The minimum absolute atomic E-state index is 0.244. The van der Waals surface area contributed by atoms with E-state index in [1.165, 1.54) is 4.90 Å². The molecule has 0 aromatic heterocycles. The molecule has 0 aliphatic carbocycles. The summed E-state index contributed by atoms with van der Waals surface area (Å²) in [5.41, 5.74) is 1.81. The quantitative estimate of drug-likeness (QED) is 0.734. The van der Waals surface area contributed by atoms with Crippen molar-refractivity contribution in [2.24, 2.45) is 0 Å². The van der Waals surface area contributed by atoms with Crippen LogP contribution in [0.25, 0.3) is 0 Å². The molecule has 2 aromatic carbocycles. The Labute approximate surface area is 114 Å². The number of benzene rings is 2. The van der Waals surface area contributed by atoms with Crippen LogP contribution in [0.5, 0.6) is 0 Å². The molecule has 0 bridgehead atoms. The van der Waals surface area contributed by atoms with E-state index in [4.69, 9.17) is 0 Å². The number of carbonyl (C=O) groups excluding carboxylic acids is 2. The highest BCUT2D eigenvalue weighted by Crippen LogP contribution is 2.44. The summed E-state index contributed by atoms with van der Waals surface area (Å²) in [6.07, 6.45) is -0.888. The Morgan fingerprint density at radius 1 is 0.850 bits per heavy atom. The molecular formula is C15H9N2O3-. The van der Waals surface area contributed by atoms with E-state index in [-0.39, 0.29) is 11.5 Å². The molecule has 1 atom stereocenters. The monoisotopic (exact) mass is 265 g/mol. The van der Waals surface area contributed by atoms with Crippen LogP contribution in [0.15, 0.2) is 48.5 Å². The van der Waals surface area contributed by atoms with Crippen LogP contribution < -0.4 is 4.90 Å². The minimum Gasteiger partial charge on any atom is -0.754 e. The summed E-state index contributed by atoms with van der Waals surface area (Å²) in [7, 11) is 0. The lowest BCUT2D eigenvalue weighted by atomic mass is 10.1. The standard InChI is InChI=1S/C15H9N2O3/c18-14-10-6-2-1-5-9(10)13-16(14)12-8-4-3-7-11(12)15(19)17(13)20/h1-8,13H/q-1. The number of fused-ring (bicyclic) bond motifs is 5. The number of hydrogen-bond acceptors (Lipinski definition) is 3. The van der Waals surface area contributed by atoms with E-state index in [9.17, 15) is 14.8 Å². The Kier molecular flexibility index (Phi) is 2.06. The van der Waals surface area contributed by atoms with Crippen molar-refractivity contribution < 1.29 is 9.59 Å². The van der Waals surface area contributed by atoms with Gasteiger partial charge < -0.3 is 10.3 Å². The zero-order chi connectivity index (χ0) is 13.9. The zero-order valence-corrected chi connectivity index (χ0v) is 10.3. The van der Waals surface area contributed by atoms with Gasteiger partial charge in [-0.25, -0.2) is 0 Å². The van der Waals surface area contributed by atoms with Crippen molar-refractivity contribution in [1.82, 2.24) is 5.06 Å². The average molecular weight is 265 g/mol. The number of nitrogens with zero attached hydrogens (tertiary/aromatic N) is 2. The van der Waals surface area contributed by atoms with Gasteiger partial charge in [0, 0.05) is 11.1 Å². The maximum absolute atomic E-state index is 12.5. The van der Waals surface area contributed by atoms with Crippen molar-refractivity contribution in [3.05, 3.63) is 70.4 Å². The third-order valence-electron chi connectivity index (χ3n) is 3.75. The van der Waals surface area contributed by atoms with Crippen LogP contribution in [0.2, 0.25) is 0 Å². The smallest absolute Gasteiger partial charge is 0.260 e. The lowest BCUT2D eigenvalue weighted by Crippen LogP contribution is -2.45. The summed E-state index contributed by atoms with van der Waals surface area (Å²) in [5.74, 6) is -0.849. The van der Waals surface area contributed by atoms with Crippen LogP contribution in [-0.2, 0) is 0 Å². The van der Waals surface area contributed by atoms with Crippen molar-refractivity contribution in [2.45, 2.75) is 6.17 Å². The number of para-hydroxylation sites is 1. The lowest BCUT2D eigenvalue weighted by molar-refractivity contribution is 0.0741. The number of rotatable bonds is 0. The van der Waals surface area contributed by atoms with Crippen LogP contribution in [0.1, 0.15) is 32.4 Å². The summed E-state index contributed by atoms with van der Waals surface area (Å²) in [5, 5.41) is 12.6. The van der Waals surface area contributed by atoms with Gasteiger partial charge in [-0.05, 0) is 18.2 Å². The first-order chi connectivity index (χ1) is 9.70. The maximum Gasteiger partial charge on any atom is 0.260 e. The molecule has 98 valence electrons. The highest BCUT2D eigenvalue weighted by molar-refractivity contribution is 6.16. The Hall–Kier alpha value is -2.66. The van der Waals surface area contributed by atoms with Crippen molar-refractivity contribution in [2.75, 3.05) is 4.90 Å². The molecule has 4 rings (SSSR count). The molecule has 0 saturated heterocycles. The van der Waals surface area contributed by atoms with Gasteiger partial charge in [-0.3, -0.25) is 14.5 Å². The summed E-state index contributed by atoms with van der Waals surface area (Å²) >= 11 is 0. The molecule has 2 amide bonds. The minimum atomic E-state index is -0.888. The highest BCUT2D eigenvalue weighted by Gasteiger charge is 2.44. The Morgan fingerprint density at radius 2 is 1.50 bits per heavy atom. The normalized spacial score (nSPS) is 19.8. The summed E-state index contributed by atoms with van der Waals surface area (Å²) < 4.78 is 0. The first kappa shape index (κ1) is 11.2. The van der Waals surface area contributed by atoms with Crippen LogP contribution in [0.3, 0.4) is 0 Å². The van der Waals surface area contributed by atoms with Gasteiger partial charge in [0.1, 0.15) is 6.17 Å². The number of hydrogen-bond donors (Lipinski definition) is 0. The van der Waals surface area contributed by atoms with E-state index in [1.54, 1.807) is 48.5 Å². The van der Waals surface area contributed by atoms with Crippen molar-refractivity contribution in [1.29, 1.82) is 0 Å². The topological polar surface area (TPSA) is 63.7 Å². The van der Waals surface area contributed by atoms with Gasteiger partial charge in [0.2, 0.25) is 5.91 Å². The first-order valence-electron chi connectivity index (χ1n) is 6.22. The number of hydroxylamine groups is 2. The van der Waals surface area contributed by atoms with E-state index in [2.05, 4.69) is 0 Å². The second kappa shape index (κ2) is 3.68. The molecular weight excluding hydrogens is 256 g/mol.